The van der Waals surface area contributed by atoms with E-state index in [0.717, 1.165) is 19.3 Å². The van der Waals surface area contributed by atoms with Gasteiger partial charge in [-0.1, -0.05) is 11.6 Å². The lowest BCUT2D eigenvalue weighted by molar-refractivity contribution is -0.121. The first kappa shape index (κ1) is 22.3. The van der Waals surface area contributed by atoms with E-state index in [9.17, 15) is 9.59 Å². The summed E-state index contributed by atoms with van der Waals surface area (Å²) in [7, 11) is 0. The third-order valence-corrected chi connectivity index (χ3v) is 5.07. The molecule has 2 aliphatic rings. The molecule has 2 amide bonds. The highest BCUT2D eigenvalue weighted by Crippen LogP contribution is 2.24. The van der Waals surface area contributed by atoms with Gasteiger partial charge in [-0.25, -0.2) is 14.5 Å². The summed E-state index contributed by atoms with van der Waals surface area (Å²) in [5, 5.41) is 7.35. The van der Waals surface area contributed by atoms with Crippen LogP contribution in [0.2, 0.25) is 0 Å². The molecular weight excluding hydrogens is 386 g/mol. The smallest absolute Gasteiger partial charge is 0.411 e. The fourth-order valence-electron chi connectivity index (χ4n) is 3.59. The van der Waals surface area contributed by atoms with E-state index in [2.05, 4.69) is 21.5 Å². The van der Waals surface area contributed by atoms with Crippen molar-refractivity contribution in [3.05, 3.63) is 23.8 Å². The average molecular weight is 420 g/mol. The first-order valence-corrected chi connectivity index (χ1v) is 10.7. The van der Waals surface area contributed by atoms with Crippen molar-refractivity contribution in [2.45, 2.75) is 71.1 Å². The first-order chi connectivity index (χ1) is 14.3. The number of allylic oxidation sites excluding steroid dienone is 1. The topological polar surface area (TPSA) is 98.6 Å². The summed E-state index contributed by atoms with van der Waals surface area (Å²) < 4.78 is 12.5. The van der Waals surface area contributed by atoms with Gasteiger partial charge in [-0.3, -0.25) is 9.69 Å². The Hall–Kier alpha value is -2.42. The lowest BCUT2D eigenvalue weighted by atomic mass is 9.97. The minimum atomic E-state index is -0.585. The van der Waals surface area contributed by atoms with Crippen molar-refractivity contribution >= 4 is 12.0 Å². The fourth-order valence-corrected chi connectivity index (χ4v) is 3.59. The second-order valence-electron chi connectivity index (χ2n) is 8.77. The van der Waals surface area contributed by atoms with Gasteiger partial charge in [0, 0.05) is 13.1 Å². The predicted molar refractivity (Wildman–Crippen MR) is 111 cm³/mol. The van der Waals surface area contributed by atoms with Crippen molar-refractivity contribution in [2.75, 3.05) is 26.3 Å². The van der Waals surface area contributed by atoms with Gasteiger partial charge in [0.1, 0.15) is 24.5 Å². The Bertz CT molecular complexity index is 768. The molecule has 1 aliphatic heterocycles. The summed E-state index contributed by atoms with van der Waals surface area (Å²) in [6, 6.07) is -0.434. The Kier molecular flexibility index (Phi) is 7.47. The number of hydrogen-bond donors (Lipinski definition) is 1. The van der Waals surface area contributed by atoms with E-state index in [0.29, 0.717) is 32.1 Å². The zero-order valence-corrected chi connectivity index (χ0v) is 18.2. The Morgan fingerprint density at radius 3 is 2.90 bits per heavy atom. The number of nitrogens with zero attached hydrogens (tertiary/aromatic N) is 4. The minimum absolute atomic E-state index is 0.0893. The molecule has 1 fully saturated rings. The zero-order valence-electron chi connectivity index (χ0n) is 18.2. The van der Waals surface area contributed by atoms with Crippen LogP contribution in [0, 0.1) is 0 Å². The molecule has 0 unspecified atom stereocenters. The largest absolute Gasteiger partial charge is 0.444 e. The number of carbonyl (C=O) groups excluding carboxylic acids is 2. The van der Waals surface area contributed by atoms with Crippen molar-refractivity contribution in [1.82, 2.24) is 25.0 Å². The van der Waals surface area contributed by atoms with Crippen LogP contribution < -0.4 is 5.32 Å². The molecule has 0 aromatic carbocycles. The first-order valence-electron chi connectivity index (χ1n) is 10.7. The van der Waals surface area contributed by atoms with Crippen molar-refractivity contribution < 1.29 is 19.1 Å². The van der Waals surface area contributed by atoms with Crippen molar-refractivity contribution in [2.24, 2.45) is 0 Å². The SMILES string of the molecule is CC(C)(C)OC(=O)N1CCOC[C@H]1c1ncn(CC(=O)NCCC2=CCCCC2)n1. The number of rotatable bonds is 6. The summed E-state index contributed by atoms with van der Waals surface area (Å²) in [6.07, 6.45) is 9.09. The van der Waals surface area contributed by atoms with Crippen LogP contribution in [-0.2, 0) is 20.8 Å². The summed E-state index contributed by atoms with van der Waals surface area (Å²) in [5.41, 5.74) is 0.850. The summed E-state index contributed by atoms with van der Waals surface area (Å²) >= 11 is 0. The number of morpholine rings is 1. The Labute approximate surface area is 177 Å². The van der Waals surface area contributed by atoms with Gasteiger partial charge in [0.05, 0.1) is 13.2 Å². The molecule has 3 rings (SSSR count). The van der Waals surface area contributed by atoms with Crippen LogP contribution >= 0.6 is 0 Å². The van der Waals surface area contributed by atoms with Crippen LogP contribution in [0.25, 0.3) is 0 Å². The van der Waals surface area contributed by atoms with Crippen LogP contribution in [0.4, 0.5) is 4.79 Å². The number of amides is 2. The second kappa shape index (κ2) is 10.1. The van der Waals surface area contributed by atoms with E-state index in [4.69, 9.17) is 9.47 Å². The lowest BCUT2D eigenvalue weighted by Gasteiger charge is -2.35. The monoisotopic (exact) mass is 419 g/mol. The van der Waals surface area contributed by atoms with Crippen LogP contribution in [0.3, 0.4) is 0 Å². The second-order valence-corrected chi connectivity index (χ2v) is 8.77. The van der Waals surface area contributed by atoms with Crippen molar-refractivity contribution in [3.8, 4) is 0 Å². The van der Waals surface area contributed by atoms with Gasteiger partial charge in [-0.2, -0.15) is 5.10 Å². The molecule has 30 heavy (non-hydrogen) atoms. The number of carbonyl (C=O) groups is 2. The molecule has 9 nitrogen and oxygen atoms in total. The molecule has 1 N–H and O–H groups in total. The van der Waals surface area contributed by atoms with Gasteiger partial charge < -0.3 is 14.8 Å². The quantitative estimate of drug-likeness (QED) is 0.712. The van der Waals surface area contributed by atoms with Crippen molar-refractivity contribution in [3.63, 3.8) is 0 Å². The van der Waals surface area contributed by atoms with Crippen LogP contribution in [-0.4, -0.2) is 63.6 Å². The third kappa shape index (κ3) is 6.55. The van der Waals surface area contributed by atoms with Gasteiger partial charge in [-0.05, 0) is 52.9 Å². The van der Waals surface area contributed by atoms with E-state index in [1.54, 1.807) is 4.90 Å². The van der Waals surface area contributed by atoms with Gasteiger partial charge in [0.15, 0.2) is 5.82 Å². The average Bonchev–Trinajstić information content (AvgIpc) is 3.16. The highest BCUT2D eigenvalue weighted by molar-refractivity contribution is 5.75. The third-order valence-electron chi connectivity index (χ3n) is 5.07. The van der Waals surface area contributed by atoms with Crippen LogP contribution in [0.1, 0.15) is 64.7 Å². The Morgan fingerprint density at radius 2 is 2.17 bits per heavy atom. The number of ether oxygens (including phenoxy) is 2. The molecule has 1 saturated heterocycles. The molecule has 1 aliphatic carbocycles. The molecule has 2 heterocycles. The highest BCUT2D eigenvalue weighted by Gasteiger charge is 2.34. The molecule has 0 bridgehead atoms. The summed E-state index contributed by atoms with van der Waals surface area (Å²) in [6.45, 7) is 7.36. The molecule has 0 saturated carbocycles. The van der Waals surface area contributed by atoms with Gasteiger partial charge >= 0.3 is 6.09 Å². The minimum Gasteiger partial charge on any atom is -0.444 e. The Balaban J connectivity index is 1.52. The van der Waals surface area contributed by atoms with Crippen LogP contribution in [0.5, 0.6) is 0 Å². The number of hydrogen-bond acceptors (Lipinski definition) is 6. The fraction of sp³-hybridized carbons (Fsp3) is 0.714. The van der Waals surface area contributed by atoms with Gasteiger partial charge in [0.2, 0.25) is 5.91 Å². The van der Waals surface area contributed by atoms with Gasteiger partial charge in [-0.15, -0.1) is 0 Å². The molecule has 1 aromatic rings. The zero-order chi connectivity index (χ0) is 21.6. The van der Waals surface area contributed by atoms with E-state index < -0.39 is 17.7 Å². The van der Waals surface area contributed by atoms with E-state index in [1.807, 2.05) is 20.8 Å². The van der Waals surface area contributed by atoms with Crippen LogP contribution in [0.15, 0.2) is 18.0 Å². The van der Waals surface area contributed by atoms with Crippen molar-refractivity contribution in [1.29, 1.82) is 0 Å². The molecule has 0 radical (unpaired) electrons. The highest BCUT2D eigenvalue weighted by atomic mass is 16.6. The van der Waals surface area contributed by atoms with E-state index in [-0.39, 0.29) is 12.5 Å². The molecule has 1 atom stereocenters. The van der Waals surface area contributed by atoms with E-state index >= 15 is 0 Å². The summed E-state index contributed by atoms with van der Waals surface area (Å²) in [4.78, 5) is 30.7. The standard InChI is InChI=1S/C21H33N5O4/c1-21(2,3)30-20(28)26-11-12-29-14-17(26)19-23-15-25(24-19)13-18(27)22-10-9-16-7-5-4-6-8-16/h7,15,17H,4-6,8-14H2,1-3H3,(H,22,27)/t17-/m0/s1. The molecular formula is C21H33N5O4. The molecule has 1 aromatic heterocycles. The molecule has 166 valence electrons. The number of aromatic nitrogens is 3. The lowest BCUT2D eigenvalue weighted by Crippen LogP contribution is -2.46. The van der Waals surface area contributed by atoms with Gasteiger partial charge in [0.25, 0.3) is 0 Å². The Morgan fingerprint density at radius 1 is 1.33 bits per heavy atom. The maximum atomic E-state index is 12.5. The molecule has 9 heteroatoms. The predicted octanol–water partition coefficient (Wildman–Crippen LogP) is 2.59. The maximum absolute atomic E-state index is 12.5. The number of nitrogens with one attached hydrogen (secondary N) is 1. The molecule has 0 spiro atoms. The maximum Gasteiger partial charge on any atom is 0.411 e. The normalized spacial score (nSPS) is 19.9. The van der Waals surface area contributed by atoms with E-state index in [1.165, 1.54) is 29.4 Å². The summed E-state index contributed by atoms with van der Waals surface area (Å²) in [5.74, 6) is 0.340.